The fraction of sp³-hybridized carbons (Fsp3) is 0.357. The number of nitrogens with zero attached hydrogens (tertiary/aromatic N) is 3. The molecule has 2 aromatic rings. The lowest BCUT2D eigenvalue weighted by molar-refractivity contribution is -0.122. The lowest BCUT2D eigenvalue weighted by Gasteiger charge is -2.14. The van der Waals surface area contributed by atoms with E-state index in [0.29, 0.717) is 12.2 Å². The van der Waals surface area contributed by atoms with Crippen LogP contribution in [0.15, 0.2) is 35.4 Å². The molecule has 1 atom stereocenters. The number of hydrogen-bond acceptors (Lipinski definition) is 5. The fourth-order valence-electron chi connectivity index (χ4n) is 1.92. The van der Waals surface area contributed by atoms with Gasteiger partial charge in [0.15, 0.2) is 0 Å². The molecule has 0 aliphatic heterocycles. The van der Waals surface area contributed by atoms with E-state index in [1.165, 1.54) is 9.58 Å². The van der Waals surface area contributed by atoms with Gasteiger partial charge in [0.05, 0.1) is 17.9 Å². The Morgan fingerprint density at radius 1 is 1.43 bits per heavy atom. The molecule has 0 spiro atoms. The topological polar surface area (TPSA) is 85.8 Å². The minimum absolute atomic E-state index is 0.0501. The highest BCUT2D eigenvalue weighted by molar-refractivity contribution is 7.98. The normalized spacial score (nSPS) is 12.1. The summed E-state index contributed by atoms with van der Waals surface area (Å²) in [5.41, 5.74) is 7.20. The van der Waals surface area contributed by atoms with E-state index in [-0.39, 0.29) is 18.5 Å². The van der Waals surface area contributed by atoms with Gasteiger partial charge < -0.3 is 11.1 Å². The molecule has 7 heteroatoms. The van der Waals surface area contributed by atoms with Crippen LogP contribution in [0, 0.1) is 0 Å². The van der Waals surface area contributed by atoms with Crippen LogP contribution in [0.25, 0.3) is 0 Å². The van der Waals surface area contributed by atoms with E-state index in [2.05, 4.69) is 15.6 Å². The third kappa shape index (κ3) is 4.30. The number of carbonyl (C=O) groups excluding carboxylic acids is 1. The minimum Gasteiger partial charge on any atom is -0.348 e. The van der Waals surface area contributed by atoms with Crippen molar-refractivity contribution in [3.8, 4) is 0 Å². The SMILES string of the molecule is CSc1ccc(C(C)NC(=O)Cn2cc(CN)nn2)cc1. The Labute approximate surface area is 128 Å². The monoisotopic (exact) mass is 305 g/mol. The third-order valence-corrected chi connectivity index (χ3v) is 3.84. The minimum atomic E-state index is -0.107. The quantitative estimate of drug-likeness (QED) is 0.787. The van der Waals surface area contributed by atoms with Crippen LogP contribution >= 0.6 is 11.8 Å². The van der Waals surface area contributed by atoms with E-state index in [4.69, 9.17) is 5.73 Å². The predicted octanol–water partition coefficient (Wildman–Crippen LogP) is 1.34. The molecule has 0 aliphatic rings. The molecule has 1 aromatic carbocycles. The van der Waals surface area contributed by atoms with Crippen molar-refractivity contribution in [3.63, 3.8) is 0 Å². The van der Waals surface area contributed by atoms with Crippen molar-refractivity contribution in [2.75, 3.05) is 6.26 Å². The Morgan fingerprint density at radius 2 is 2.14 bits per heavy atom. The van der Waals surface area contributed by atoms with Gasteiger partial charge in [0.25, 0.3) is 0 Å². The van der Waals surface area contributed by atoms with Crippen LogP contribution < -0.4 is 11.1 Å². The number of benzene rings is 1. The number of nitrogens with one attached hydrogen (secondary N) is 1. The highest BCUT2D eigenvalue weighted by atomic mass is 32.2. The van der Waals surface area contributed by atoms with Gasteiger partial charge in [0.2, 0.25) is 5.91 Å². The van der Waals surface area contributed by atoms with Gasteiger partial charge in [-0.05, 0) is 30.9 Å². The molecular formula is C14H19N5OS. The molecule has 0 fully saturated rings. The highest BCUT2D eigenvalue weighted by Gasteiger charge is 2.11. The van der Waals surface area contributed by atoms with Crippen molar-refractivity contribution in [3.05, 3.63) is 41.7 Å². The van der Waals surface area contributed by atoms with Crippen LogP contribution in [-0.2, 0) is 17.9 Å². The largest absolute Gasteiger partial charge is 0.348 e. The van der Waals surface area contributed by atoms with Crippen molar-refractivity contribution in [1.29, 1.82) is 0 Å². The van der Waals surface area contributed by atoms with Crippen LogP contribution in [0.5, 0.6) is 0 Å². The summed E-state index contributed by atoms with van der Waals surface area (Å²) in [5, 5.41) is 10.6. The molecule has 1 amide bonds. The maximum absolute atomic E-state index is 12.0. The average molecular weight is 305 g/mol. The molecule has 1 heterocycles. The standard InChI is InChI=1S/C14H19N5OS/c1-10(11-3-5-13(21-2)6-4-11)16-14(20)9-19-8-12(7-15)17-18-19/h3-6,8,10H,7,9,15H2,1-2H3,(H,16,20). The lowest BCUT2D eigenvalue weighted by Crippen LogP contribution is -2.30. The van der Waals surface area contributed by atoms with Crippen LogP contribution in [-0.4, -0.2) is 27.2 Å². The summed E-state index contributed by atoms with van der Waals surface area (Å²) in [6.07, 6.45) is 3.71. The number of rotatable bonds is 6. The number of amides is 1. The second-order valence-corrected chi connectivity index (χ2v) is 5.55. The van der Waals surface area contributed by atoms with Gasteiger partial charge in [0.1, 0.15) is 6.54 Å². The Balaban J connectivity index is 1.91. The van der Waals surface area contributed by atoms with E-state index in [9.17, 15) is 4.79 Å². The van der Waals surface area contributed by atoms with Crippen LogP contribution in [0.1, 0.15) is 24.2 Å². The number of thioether (sulfide) groups is 1. The highest BCUT2D eigenvalue weighted by Crippen LogP contribution is 2.18. The number of aromatic nitrogens is 3. The lowest BCUT2D eigenvalue weighted by atomic mass is 10.1. The van der Waals surface area contributed by atoms with Crippen LogP contribution in [0.2, 0.25) is 0 Å². The van der Waals surface area contributed by atoms with Gasteiger partial charge >= 0.3 is 0 Å². The first kappa shape index (κ1) is 15.5. The van der Waals surface area contributed by atoms with Gasteiger partial charge in [-0.3, -0.25) is 4.79 Å². The van der Waals surface area contributed by atoms with Crippen LogP contribution in [0.3, 0.4) is 0 Å². The summed E-state index contributed by atoms with van der Waals surface area (Å²) in [6, 6.07) is 8.10. The molecule has 1 unspecified atom stereocenters. The summed E-state index contributed by atoms with van der Waals surface area (Å²) < 4.78 is 1.49. The Morgan fingerprint density at radius 3 is 2.71 bits per heavy atom. The third-order valence-electron chi connectivity index (χ3n) is 3.09. The predicted molar refractivity (Wildman–Crippen MR) is 82.7 cm³/mol. The molecule has 0 saturated carbocycles. The first-order valence-corrected chi connectivity index (χ1v) is 7.87. The first-order chi connectivity index (χ1) is 10.1. The summed E-state index contributed by atoms with van der Waals surface area (Å²) >= 11 is 1.69. The second-order valence-electron chi connectivity index (χ2n) is 4.67. The van der Waals surface area contributed by atoms with Gasteiger partial charge in [-0.1, -0.05) is 17.3 Å². The van der Waals surface area contributed by atoms with E-state index in [1.807, 2.05) is 37.4 Å². The second kappa shape index (κ2) is 7.24. The molecule has 112 valence electrons. The van der Waals surface area contributed by atoms with E-state index in [0.717, 1.165) is 5.56 Å². The van der Waals surface area contributed by atoms with Crippen molar-refractivity contribution in [2.45, 2.75) is 31.0 Å². The molecule has 3 N–H and O–H groups in total. The smallest absolute Gasteiger partial charge is 0.242 e. The Kier molecular flexibility index (Phi) is 5.35. The first-order valence-electron chi connectivity index (χ1n) is 6.64. The summed E-state index contributed by atoms with van der Waals surface area (Å²) in [4.78, 5) is 13.2. The average Bonchev–Trinajstić information content (AvgIpc) is 2.94. The number of carbonyl (C=O) groups is 1. The number of hydrogen-bond donors (Lipinski definition) is 2. The Hall–Kier alpha value is -1.86. The van der Waals surface area contributed by atoms with E-state index >= 15 is 0 Å². The zero-order valence-electron chi connectivity index (χ0n) is 12.1. The van der Waals surface area contributed by atoms with Crippen molar-refractivity contribution < 1.29 is 4.79 Å². The molecular weight excluding hydrogens is 286 g/mol. The van der Waals surface area contributed by atoms with Gasteiger partial charge in [0, 0.05) is 11.4 Å². The molecule has 0 bridgehead atoms. The molecule has 0 saturated heterocycles. The van der Waals surface area contributed by atoms with Crippen molar-refractivity contribution >= 4 is 17.7 Å². The zero-order valence-corrected chi connectivity index (χ0v) is 12.9. The molecule has 21 heavy (non-hydrogen) atoms. The van der Waals surface area contributed by atoms with Crippen molar-refractivity contribution in [2.24, 2.45) is 5.73 Å². The number of nitrogens with two attached hydrogens (primary N) is 1. The van der Waals surface area contributed by atoms with Gasteiger partial charge in [-0.2, -0.15) is 0 Å². The fourth-order valence-corrected chi connectivity index (χ4v) is 2.33. The molecule has 6 nitrogen and oxygen atoms in total. The molecule has 2 rings (SSSR count). The van der Waals surface area contributed by atoms with Crippen LogP contribution in [0.4, 0.5) is 0 Å². The van der Waals surface area contributed by atoms with Gasteiger partial charge in [-0.25, -0.2) is 4.68 Å². The summed E-state index contributed by atoms with van der Waals surface area (Å²) in [6.45, 7) is 2.42. The van der Waals surface area contributed by atoms with E-state index < -0.39 is 0 Å². The van der Waals surface area contributed by atoms with Crippen molar-refractivity contribution in [1.82, 2.24) is 20.3 Å². The molecule has 1 aromatic heterocycles. The maximum Gasteiger partial charge on any atom is 0.242 e. The summed E-state index contributed by atoms with van der Waals surface area (Å²) in [7, 11) is 0. The van der Waals surface area contributed by atoms with E-state index in [1.54, 1.807) is 18.0 Å². The summed E-state index contributed by atoms with van der Waals surface area (Å²) in [5.74, 6) is -0.107. The molecule has 0 aliphatic carbocycles. The maximum atomic E-state index is 12.0. The Bertz CT molecular complexity index is 596. The molecule has 0 radical (unpaired) electrons. The van der Waals surface area contributed by atoms with Gasteiger partial charge in [-0.15, -0.1) is 16.9 Å². The zero-order chi connectivity index (χ0) is 15.2.